The Morgan fingerprint density at radius 2 is 1.73 bits per heavy atom. The van der Waals surface area contributed by atoms with E-state index >= 15 is 0 Å². The van der Waals surface area contributed by atoms with Crippen molar-refractivity contribution in [2.45, 2.75) is 13.3 Å². The van der Waals surface area contributed by atoms with Crippen LogP contribution in [0.4, 0.5) is 5.69 Å². The van der Waals surface area contributed by atoms with Gasteiger partial charge in [0, 0.05) is 38.7 Å². The first-order valence-electron chi connectivity index (χ1n) is 7.26. The molecule has 6 heteroatoms. The van der Waals surface area contributed by atoms with E-state index in [9.17, 15) is 9.59 Å². The number of likely N-dealkylation sites (N-methyl/N-ethyl adjacent to an activating group) is 1. The van der Waals surface area contributed by atoms with Gasteiger partial charge >= 0.3 is 0 Å². The molecule has 1 aromatic carbocycles. The van der Waals surface area contributed by atoms with Crippen LogP contribution in [-0.2, 0) is 9.59 Å². The van der Waals surface area contributed by atoms with E-state index in [0.29, 0.717) is 18.8 Å². The van der Waals surface area contributed by atoms with Gasteiger partial charge in [-0.05, 0) is 38.4 Å². The number of benzene rings is 1. The molecule has 0 heterocycles. The first-order valence-corrected chi connectivity index (χ1v) is 7.26. The third-order valence-corrected chi connectivity index (χ3v) is 3.25. The van der Waals surface area contributed by atoms with Gasteiger partial charge in [-0.2, -0.15) is 0 Å². The molecule has 122 valence electrons. The van der Waals surface area contributed by atoms with E-state index in [0.717, 1.165) is 12.3 Å². The van der Waals surface area contributed by atoms with Crippen molar-refractivity contribution >= 4 is 17.5 Å². The van der Waals surface area contributed by atoms with Crippen LogP contribution in [0.25, 0.3) is 0 Å². The van der Waals surface area contributed by atoms with Gasteiger partial charge in [-0.15, -0.1) is 0 Å². The molecule has 0 aliphatic heterocycles. The van der Waals surface area contributed by atoms with Crippen molar-refractivity contribution in [2.75, 3.05) is 46.2 Å². The quantitative estimate of drug-likeness (QED) is 0.789. The molecule has 0 saturated carbocycles. The summed E-state index contributed by atoms with van der Waals surface area (Å²) in [7, 11) is 5.50. The molecule has 0 radical (unpaired) electrons. The summed E-state index contributed by atoms with van der Waals surface area (Å²) in [5, 5.41) is 2.81. The zero-order chi connectivity index (χ0) is 16.5. The van der Waals surface area contributed by atoms with Crippen LogP contribution in [0.15, 0.2) is 24.3 Å². The molecule has 0 fully saturated rings. The molecule has 2 amide bonds. The van der Waals surface area contributed by atoms with E-state index in [2.05, 4.69) is 5.32 Å². The van der Waals surface area contributed by atoms with Crippen LogP contribution in [-0.4, -0.2) is 62.5 Å². The molecule has 6 nitrogen and oxygen atoms in total. The minimum Gasteiger partial charge on any atom is -0.497 e. The lowest BCUT2D eigenvalue weighted by Gasteiger charge is -2.22. The van der Waals surface area contributed by atoms with Crippen LogP contribution in [0, 0.1) is 0 Å². The Labute approximate surface area is 132 Å². The second-order valence-corrected chi connectivity index (χ2v) is 5.34. The number of carbonyl (C=O) groups excluding carboxylic acids is 2. The summed E-state index contributed by atoms with van der Waals surface area (Å²) >= 11 is 0. The van der Waals surface area contributed by atoms with Gasteiger partial charge in [0.1, 0.15) is 5.75 Å². The highest BCUT2D eigenvalue weighted by molar-refractivity contribution is 5.91. The van der Waals surface area contributed by atoms with Crippen LogP contribution in [0.3, 0.4) is 0 Å². The molecular weight excluding hydrogens is 282 g/mol. The zero-order valence-corrected chi connectivity index (χ0v) is 13.8. The fourth-order valence-corrected chi connectivity index (χ4v) is 1.88. The van der Waals surface area contributed by atoms with Gasteiger partial charge in [-0.1, -0.05) is 0 Å². The van der Waals surface area contributed by atoms with Crippen molar-refractivity contribution in [3.05, 3.63) is 24.3 Å². The lowest BCUT2D eigenvalue weighted by Crippen LogP contribution is -2.37. The van der Waals surface area contributed by atoms with Gasteiger partial charge in [0.05, 0.1) is 7.11 Å². The summed E-state index contributed by atoms with van der Waals surface area (Å²) in [4.78, 5) is 27.2. The summed E-state index contributed by atoms with van der Waals surface area (Å²) in [5.74, 6) is 0.616. The number of carbonyl (C=O) groups is 2. The molecule has 22 heavy (non-hydrogen) atoms. The lowest BCUT2D eigenvalue weighted by molar-refractivity contribution is -0.129. The predicted molar refractivity (Wildman–Crippen MR) is 87.0 cm³/mol. The summed E-state index contributed by atoms with van der Waals surface area (Å²) < 4.78 is 5.06. The topological polar surface area (TPSA) is 61.9 Å². The van der Waals surface area contributed by atoms with E-state index < -0.39 is 0 Å². The molecule has 0 saturated heterocycles. The number of hydrogen-bond donors (Lipinski definition) is 1. The Morgan fingerprint density at radius 3 is 2.23 bits per heavy atom. The van der Waals surface area contributed by atoms with E-state index in [1.165, 1.54) is 6.92 Å². The van der Waals surface area contributed by atoms with Crippen molar-refractivity contribution < 1.29 is 14.3 Å². The molecule has 1 N–H and O–H groups in total. The molecule has 0 unspecified atom stereocenters. The zero-order valence-electron chi connectivity index (χ0n) is 13.8. The fraction of sp³-hybridized carbons (Fsp3) is 0.500. The van der Waals surface area contributed by atoms with Crippen LogP contribution < -0.4 is 10.1 Å². The Hall–Kier alpha value is -2.08. The smallest absolute Gasteiger partial charge is 0.226 e. The molecule has 1 aromatic rings. The molecule has 0 spiro atoms. The molecule has 0 aliphatic rings. The normalized spacial score (nSPS) is 10.4. The standard InChI is InChI=1S/C16H25N3O3/c1-13(20)19(12-11-18(2)3)10-9-16(21)17-14-5-7-15(22-4)8-6-14/h5-8H,9-12H2,1-4H3,(H,17,21). The third kappa shape index (κ3) is 6.58. The highest BCUT2D eigenvalue weighted by atomic mass is 16.5. The monoisotopic (exact) mass is 307 g/mol. The average molecular weight is 307 g/mol. The summed E-state index contributed by atoms with van der Waals surface area (Å²) in [6, 6.07) is 7.14. The molecule has 0 aromatic heterocycles. The number of hydrogen-bond acceptors (Lipinski definition) is 4. The molecule has 0 aliphatic carbocycles. The minimum absolute atomic E-state index is 0.0147. The van der Waals surface area contributed by atoms with Gasteiger partial charge in [0.2, 0.25) is 11.8 Å². The third-order valence-electron chi connectivity index (χ3n) is 3.25. The van der Waals surface area contributed by atoms with Crippen molar-refractivity contribution in [2.24, 2.45) is 0 Å². The average Bonchev–Trinajstić information content (AvgIpc) is 2.47. The Bertz CT molecular complexity index is 486. The second-order valence-electron chi connectivity index (χ2n) is 5.34. The molecule has 1 rings (SSSR count). The maximum absolute atomic E-state index is 11.9. The largest absolute Gasteiger partial charge is 0.497 e. The van der Waals surface area contributed by atoms with E-state index in [-0.39, 0.29) is 18.2 Å². The van der Waals surface area contributed by atoms with Crippen molar-refractivity contribution in [3.8, 4) is 5.75 Å². The highest BCUT2D eigenvalue weighted by Gasteiger charge is 2.11. The first kappa shape index (κ1) is 18.0. The van der Waals surface area contributed by atoms with Crippen molar-refractivity contribution in [1.29, 1.82) is 0 Å². The van der Waals surface area contributed by atoms with Gasteiger partial charge < -0.3 is 19.9 Å². The number of methoxy groups -OCH3 is 1. The van der Waals surface area contributed by atoms with Gasteiger partial charge in [0.15, 0.2) is 0 Å². The maximum atomic E-state index is 11.9. The Morgan fingerprint density at radius 1 is 1.09 bits per heavy atom. The summed E-state index contributed by atoms with van der Waals surface area (Å²) in [6.07, 6.45) is 0.277. The molecule has 0 atom stereocenters. The highest BCUT2D eigenvalue weighted by Crippen LogP contribution is 2.15. The number of nitrogens with zero attached hydrogens (tertiary/aromatic N) is 2. The van der Waals surface area contributed by atoms with Crippen LogP contribution in [0.5, 0.6) is 5.75 Å². The first-order chi connectivity index (χ1) is 10.4. The predicted octanol–water partition coefficient (Wildman–Crippen LogP) is 1.43. The van der Waals surface area contributed by atoms with Crippen LogP contribution in [0.1, 0.15) is 13.3 Å². The minimum atomic E-state index is -0.110. The van der Waals surface area contributed by atoms with E-state index in [4.69, 9.17) is 4.74 Å². The van der Waals surface area contributed by atoms with Crippen molar-refractivity contribution in [3.63, 3.8) is 0 Å². The number of amides is 2. The van der Waals surface area contributed by atoms with Gasteiger partial charge in [-0.3, -0.25) is 9.59 Å². The SMILES string of the molecule is COc1ccc(NC(=O)CCN(CCN(C)C)C(C)=O)cc1. The molecular formula is C16H25N3O3. The van der Waals surface area contributed by atoms with Gasteiger partial charge in [0.25, 0.3) is 0 Å². The molecule has 0 bridgehead atoms. The Kier molecular flexibility index (Phi) is 7.39. The van der Waals surface area contributed by atoms with Gasteiger partial charge in [-0.25, -0.2) is 0 Å². The van der Waals surface area contributed by atoms with Crippen LogP contribution >= 0.6 is 0 Å². The second kappa shape index (κ2) is 9.04. The van der Waals surface area contributed by atoms with E-state index in [1.807, 2.05) is 19.0 Å². The number of rotatable bonds is 8. The summed E-state index contributed by atoms with van der Waals surface area (Å²) in [5.41, 5.74) is 0.716. The van der Waals surface area contributed by atoms with Crippen LogP contribution in [0.2, 0.25) is 0 Å². The Balaban J connectivity index is 2.43. The number of nitrogens with one attached hydrogen (secondary N) is 1. The fourth-order valence-electron chi connectivity index (χ4n) is 1.88. The number of ether oxygens (including phenoxy) is 1. The maximum Gasteiger partial charge on any atom is 0.226 e. The summed E-state index contributed by atoms with van der Waals surface area (Å²) in [6.45, 7) is 3.35. The number of anilines is 1. The van der Waals surface area contributed by atoms with E-state index in [1.54, 1.807) is 36.3 Å². The lowest BCUT2D eigenvalue weighted by atomic mass is 10.3. The van der Waals surface area contributed by atoms with Crippen molar-refractivity contribution in [1.82, 2.24) is 9.80 Å².